The molecule has 0 amide bonds. The van der Waals surface area contributed by atoms with Crippen LogP contribution in [0.4, 0.5) is 0 Å². The maximum atomic E-state index is 9.00. The molecule has 1 aromatic carbocycles. The van der Waals surface area contributed by atoms with Crippen molar-refractivity contribution in [2.75, 3.05) is 0 Å². The topological polar surface area (TPSA) is 46.5 Å². The Morgan fingerprint density at radius 1 is 1.32 bits per heavy atom. The highest BCUT2D eigenvalue weighted by Crippen LogP contribution is 2.43. The smallest absolute Gasteiger partial charge is 0.300 e. The normalized spacial score (nSPS) is 15.4. The lowest BCUT2D eigenvalue weighted by atomic mass is 10.1. The van der Waals surface area contributed by atoms with E-state index >= 15 is 0 Å². The van der Waals surface area contributed by atoms with Gasteiger partial charge in [0.25, 0.3) is 5.97 Å². The van der Waals surface area contributed by atoms with E-state index in [1.54, 1.807) is 0 Å². The van der Waals surface area contributed by atoms with Crippen molar-refractivity contribution in [3.05, 3.63) is 57.0 Å². The first-order valence-corrected chi connectivity index (χ1v) is 6.69. The van der Waals surface area contributed by atoms with Gasteiger partial charge in [0.2, 0.25) is 0 Å². The van der Waals surface area contributed by atoms with Crippen molar-refractivity contribution in [2.24, 2.45) is 0 Å². The molecule has 1 N–H and O–H groups in total. The minimum Gasteiger partial charge on any atom is -0.481 e. The van der Waals surface area contributed by atoms with Crippen molar-refractivity contribution in [3.8, 4) is 5.75 Å². The number of halogens is 1. The quantitative estimate of drug-likeness (QED) is 0.778. The van der Waals surface area contributed by atoms with Gasteiger partial charge in [0.05, 0.1) is 9.27 Å². The van der Waals surface area contributed by atoms with Crippen LogP contribution < -0.4 is 4.74 Å². The largest absolute Gasteiger partial charge is 0.481 e. The van der Waals surface area contributed by atoms with E-state index < -0.39 is 5.97 Å². The number of carboxylic acids is 1. The van der Waals surface area contributed by atoms with E-state index in [-0.39, 0.29) is 0 Å². The van der Waals surface area contributed by atoms with Gasteiger partial charge in [-0.1, -0.05) is 41.6 Å². The van der Waals surface area contributed by atoms with Crippen LogP contribution in [0, 0.1) is 0 Å². The number of ether oxygens (including phenoxy) is 1. The number of hydrogen-bond donors (Lipinski definition) is 1. The van der Waals surface area contributed by atoms with Crippen LogP contribution in [0.1, 0.15) is 12.5 Å². The number of benzene rings is 1. The van der Waals surface area contributed by atoms with Gasteiger partial charge in [-0.25, -0.2) is 0 Å². The summed E-state index contributed by atoms with van der Waals surface area (Å²) in [5.74, 6) is 0.947. The van der Waals surface area contributed by atoms with Crippen LogP contribution in [0.2, 0.25) is 0 Å². The van der Waals surface area contributed by atoms with Crippen LogP contribution in [-0.2, 0) is 4.79 Å². The third kappa shape index (κ3) is 3.66. The number of para-hydroxylation sites is 1. The summed E-state index contributed by atoms with van der Waals surface area (Å²) in [6, 6.07) is 7.97. The summed E-state index contributed by atoms with van der Waals surface area (Å²) in [5.41, 5.74) is 1.10. The lowest BCUT2D eigenvalue weighted by Gasteiger charge is -2.21. The zero-order valence-electron chi connectivity index (χ0n) is 10.1. The number of carbonyl (C=O) groups is 1. The molecule has 19 heavy (non-hydrogen) atoms. The molecule has 0 bridgehead atoms. The standard InChI is InChI=1S/C12H7ClOS.C2H4O2/c13-12-6-5-10-11(15-12)7-8-3-1-2-4-9(8)14-10;1-2(3)4/h1-7H;1H3,(H,3,4). The second-order valence-electron chi connectivity index (χ2n) is 3.77. The summed E-state index contributed by atoms with van der Waals surface area (Å²) in [6.07, 6.45) is 5.86. The maximum absolute atomic E-state index is 9.00. The molecule has 0 aromatic heterocycles. The fourth-order valence-corrected chi connectivity index (χ4v) is 2.60. The Morgan fingerprint density at radius 3 is 2.74 bits per heavy atom. The summed E-state index contributed by atoms with van der Waals surface area (Å²) in [5, 5.41) is 7.42. The minimum absolute atomic E-state index is 0.771. The molecule has 0 radical (unpaired) electrons. The first kappa shape index (κ1) is 13.8. The second kappa shape index (κ2) is 5.99. The molecule has 0 fully saturated rings. The minimum atomic E-state index is -0.833. The highest BCUT2D eigenvalue weighted by Gasteiger charge is 2.19. The van der Waals surface area contributed by atoms with Crippen molar-refractivity contribution in [1.82, 2.24) is 0 Å². The SMILES string of the molecule is CC(=O)O.ClC1=CC=C2Oc3ccccc3C=C2S1. The van der Waals surface area contributed by atoms with E-state index in [4.69, 9.17) is 26.2 Å². The predicted octanol–water partition coefficient (Wildman–Crippen LogP) is 4.22. The number of aliphatic carboxylic acids is 1. The Balaban J connectivity index is 0.000000297. The lowest BCUT2D eigenvalue weighted by molar-refractivity contribution is -0.134. The molecule has 0 aliphatic carbocycles. The third-order valence-electron chi connectivity index (χ3n) is 2.24. The molecule has 2 aliphatic heterocycles. The Bertz CT molecular complexity index is 598. The van der Waals surface area contributed by atoms with Crippen LogP contribution in [-0.4, -0.2) is 11.1 Å². The molecule has 98 valence electrons. The molecule has 1 aromatic rings. The predicted molar refractivity (Wildman–Crippen MR) is 78.0 cm³/mol. The van der Waals surface area contributed by atoms with Crippen LogP contribution >= 0.6 is 23.4 Å². The van der Waals surface area contributed by atoms with Gasteiger partial charge in [0.15, 0.2) is 0 Å². The Morgan fingerprint density at radius 2 is 2.00 bits per heavy atom. The van der Waals surface area contributed by atoms with Gasteiger partial charge in [-0.05, 0) is 24.3 Å². The molecule has 0 saturated heterocycles. The molecule has 3 rings (SSSR count). The number of hydrogen-bond acceptors (Lipinski definition) is 3. The summed E-state index contributed by atoms with van der Waals surface area (Å²) >= 11 is 7.47. The average molecular weight is 295 g/mol. The van der Waals surface area contributed by atoms with Crippen molar-refractivity contribution < 1.29 is 14.6 Å². The van der Waals surface area contributed by atoms with Crippen molar-refractivity contribution in [2.45, 2.75) is 6.92 Å². The number of carboxylic acid groups (broad SMARTS) is 1. The van der Waals surface area contributed by atoms with Gasteiger partial charge < -0.3 is 9.84 Å². The van der Waals surface area contributed by atoms with Gasteiger partial charge in [0, 0.05) is 12.5 Å². The van der Waals surface area contributed by atoms with E-state index in [1.165, 1.54) is 11.8 Å². The number of rotatable bonds is 0. The number of thioether (sulfide) groups is 1. The fraction of sp³-hybridized carbons (Fsp3) is 0.0714. The van der Waals surface area contributed by atoms with Gasteiger partial charge in [-0.2, -0.15) is 0 Å². The fourth-order valence-electron chi connectivity index (χ4n) is 1.55. The molecule has 0 spiro atoms. The van der Waals surface area contributed by atoms with Crippen LogP contribution in [0.25, 0.3) is 6.08 Å². The first-order valence-electron chi connectivity index (χ1n) is 5.50. The molecule has 0 atom stereocenters. The molecular weight excluding hydrogens is 284 g/mol. The van der Waals surface area contributed by atoms with Crippen molar-refractivity contribution in [3.63, 3.8) is 0 Å². The Labute approximate surface area is 120 Å². The van der Waals surface area contributed by atoms with E-state index in [0.717, 1.165) is 33.3 Å². The van der Waals surface area contributed by atoms with E-state index in [1.807, 2.05) is 36.4 Å². The van der Waals surface area contributed by atoms with Gasteiger partial charge in [0.1, 0.15) is 11.5 Å². The van der Waals surface area contributed by atoms with Gasteiger partial charge >= 0.3 is 0 Å². The monoisotopic (exact) mass is 294 g/mol. The summed E-state index contributed by atoms with van der Waals surface area (Å²) in [7, 11) is 0. The van der Waals surface area contributed by atoms with Gasteiger partial charge in [-0.3, -0.25) is 4.79 Å². The molecule has 3 nitrogen and oxygen atoms in total. The van der Waals surface area contributed by atoms with Crippen molar-refractivity contribution >= 4 is 35.4 Å². The van der Waals surface area contributed by atoms with E-state index in [9.17, 15) is 0 Å². The zero-order valence-corrected chi connectivity index (χ0v) is 11.7. The van der Waals surface area contributed by atoms with Crippen LogP contribution in [0.3, 0.4) is 0 Å². The Hall–Kier alpha value is -1.65. The highest BCUT2D eigenvalue weighted by atomic mass is 35.5. The molecule has 0 unspecified atom stereocenters. The molecule has 2 heterocycles. The molecular formula is C14H11ClO3S. The maximum Gasteiger partial charge on any atom is 0.300 e. The highest BCUT2D eigenvalue weighted by molar-refractivity contribution is 8.08. The van der Waals surface area contributed by atoms with Crippen molar-refractivity contribution in [1.29, 1.82) is 0 Å². The summed E-state index contributed by atoms with van der Waals surface area (Å²) < 4.78 is 6.52. The number of fused-ring (bicyclic) bond motifs is 2. The van der Waals surface area contributed by atoms with Crippen LogP contribution in [0.15, 0.2) is 51.4 Å². The lowest BCUT2D eigenvalue weighted by Crippen LogP contribution is -2.04. The van der Waals surface area contributed by atoms with E-state index in [2.05, 4.69) is 6.08 Å². The third-order valence-corrected chi connectivity index (χ3v) is 3.47. The molecule has 2 aliphatic rings. The Kier molecular flexibility index (Phi) is 4.35. The zero-order chi connectivity index (χ0) is 13.8. The van der Waals surface area contributed by atoms with Crippen LogP contribution in [0.5, 0.6) is 5.75 Å². The van der Waals surface area contributed by atoms with Gasteiger partial charge in [-0.15, -0.1) is 0 Å². The van der Waals surface area contributed by atoms with E-state index in [0.29, 0.717) is 0 Å². The molecule has 5 heteroatoms. The second-order valence-corrected chi connectivity index (χ2v) is 5.49. The molecule has 0 saturated carbocycles. The average Bonchev–Trinajstić information content (AvgIpc) is 2.35. The summed E-state index contributed by atoms with van der Waals surface area (Å²) in [4.78, 5) is 10.1. The summed E-state index contributed by atoms with van der Waals surface area (Å²) in [6.45, 7) is 1.08. The first-order chi connectivity index (χ1) is 9.06. The number of allylic oxidation sites excluding steroid dienone is 2.